The van der Waals surface area contributed by atoms with Gasteiger partial charge in [-0.05, 0) is 56.2 Å². The first-order chi connectivity index (χ1) is 16.2. The number of nitro benzene ring substituents is 1. The van der Waals surface area contributed by atoms with Gasteiger partial charge < -0.3 is 0 Å². The van der Waals surface area contributed by atoms with Gasteiger partial charge in [-0.15, -0.1) is 0 Å². The Labute approximate surface area is 205 Å². The molecule has 0 N–H and O–H groups in total. The molecule has 0 saturated carbocycles. The summed E-state index contributed by atoms with van der Waals surface area (Å²) in [5.74, 6) is -0.282. The van der Waals surface area contributed by atoms with E-state index in [1.807, 2.05) is 43.7 Å². The lowest BCUT2D eigenvalue weighted by molar-refractivity contribution is -0.384. The van der Waals surface area contributed by atoms with E-state index in [2.05, 4.69) is 5.10 Å². The largest absolute Gasteiger partial charge is 0.283 e. The lowest BCUT2D eigenvalue weighted by Crippen LogP contribution is -2.33. The normalized spacial score (nSPS) is 11.4. The third-order valence-electron chi connectivity index (χ3n) is 5.27. The molecule has 4 rings (SSSR count). The molecule has 0 aliphatic carbocycles. The highest BCUT2D eigenvalue weighted by Gasteiger charge is 2.20. The van der Waals surface area contributed by atoms with Crippen LogP contribution in [0.25, 0.3) is 16.3 Å². The molecule has 2 aromatic carbocycles. The summed E-state index contributed by atoms with van der Waals surface area (Å²) < 4.78 is 2.75. The summed E-state index contributed by atoms with van der Waals surface area (Å²) >= 11 is 7.61. The molecule has 0 aliphatic rings. The third kappa shape index (κ3) is 5.16. The Morgan fingerprint density at radius 2 is 2.03 bits per heavy atom. The number of anilines is 1. The van der Waals surface area contributed by atoms with Crippen molar-refractivity contribution in [1.82, 2.24) is 14.8 Å². The summed E-state index contributed by atoms with van der Waals surface area (Å²) in [4.78, 5) is 30.2. The minimum atomic E-state index is -0.464. The van der Waals surface area contributed by atoms with Crippen LogP contribution in [0.1, 0.15) is 22.5 Å². The number of fused-ring (bicyclic) bond motifs is 1. The summed E-state index contributed by atoms with van der Waals surface area (Å²) in [6.45, 7) is 6.67. The Balaban J connectivity index is 1.66. The average molecular weight is 496 g/mol. The van der Waals surface area contributed by atoms with Gasteiger partial charge in [-0.25, -0.2) is 4.98 Å². The minimum Gasteiger partial charge on any atom is -0.283 e. The molecule has 0 radical (unpaired) electrons. The Morgan fingerprint density at radius 3 is 2.74 bits per heavy atom. The highest BCUT2D eigenvalue weighted by atomic mass is 35.5. The van der Waals surface area contributed by atoms with Gasteiger partial charge in [0.15, 0.2) is 5.13 Å². The SMILES string of the molecule is Cc1cc(C)n(CCN(C(=O)/C=C/c2cccc([N+](=O)[O-])c2)c2nc3c(C)cc(Cl)cc3s2)n1. The van der Waals surface area contributed by atoms with Crippen molar-refractivity contribution in [3.8, 4) is 0 Å². The van der Waals surface area contributed by atoms with E-state index < -0.39 is 4.92 Å². The van der Waals surface area contributed by atoms with Crippen molar-refractivity contribution in [1.29, 1.82) is 0 Å². The van der Waals surface area contributed by atoms with Gasteiger partial charge in [0.05, 0.1) is 27.4 Å². The van der Waals surface area contributed by atoms with Gasteiger partial charge in [-0.3, -0.25) is 24.5 Å². The molecule has 2 heterocycles. The number of hydrogen-bond donors (Lipinski definition) is 0. The maximum Gasteiger partial charge on any atom is 0.270 e. The molecule has 1 amide bonds. The van der Waals surface area contributed by atoms with E-state index in [-0.39, 0.29) is 11.6 Å². The predicted molar refractivity (Wildman–Crippen MR) is 136 cm³/mol. The maximum atomic E-state index is 13.3. The summed E-state index contributed by atoms with van der Waals surface area (Å²) in [7, 11) is 0. The second-order valence-electron chi connectivity index (χ2n) is 7.89. The van der Waals surface area contributed by atoms with Gasteiger partial charge in [-0.2, -0.15) is 5.10 Å². The van der Waals surface area contributed by atoms with E-state index in [0.717, 1.165) is 27.2 Å². The zero-order valence-corrected chi connectivity index (χ0v) is 20.4. The van der Waals surface area contributed by atoms with Crippen LogP contribution in [0.2, 0.25) is 5.02 Å². The zero-order valence-electron chi connectivity index (χ0n) is 18.9. The smallest absolute Gasteiger partial charge is 0.270 e. The Morgan fingerprint density at radius 1 is 1.24 bits per heavy atom. The van der Waals surface area contributed by atoms with Crippen molar-refractivity contribution in [3.05, 3.63) is 86.2 Å². The second-order valence-corrected chi connectivity index (χ2v) is 9.34. The van der Waals surface area contributed by atoms with Crippen molar-refractivity contribution in [2.45, 2.75) is 27.3 Å². The summed E-state index contributed by atoms with van der Waals surface area (Å²) in [5, 5.41) is 16.7. The summed E-state index contributed by atoms with van der Waals surface area (Å²) in [6, 6.07) is 11.8. The number of nitrogens with zero attached hydrogens (tertiary/aromatic N) is 5. The first kappa shape index (κ1) is 23.6. The van der Waals surface area contributed by atoms with Gasteiger partial charge in [0, 0.05) is 35.5 Å². The third-order valence-corrected chi connectivity index (χ3v) is 6.52. The first-order valence-electron chi connectivity index (χ1n) is 10.5. The highest BCUT2D eigenvalue weighted by molar-refractivity contribution is 7.22. The van der Waals surface area contributed by atoms with E-state index in [1.54, 1.807) is 23.1 Å². The summed E-state index contributed by atoms with van der Waals surface area (Å²) in [5.41, 5.74) is 4.18. The Kier molecular flexibility index (Phi) is 6.76. The molecule has 0 aliphatic heterocycles. The molecule has 0 saturated heterocycles. The van der Waals surface area contributed by atoms with Crippen molar-refractivity contribution in [2.75, 3.05) is 11.4 Å². The number of rotatable bonds is 7. The van der Waals surface area contributed by atoms with Gasteiger partial charge in [0.1, 0.15) is 0 Å². The molecule has 4 aromatic rings. The fourth-order valence-electron chi connectivity index (χ4n) is 3.65. The fourth-order valence-corrected chi connectivity index (χ4v) is 5.11. The molecular formula is C24H22ClN5O3S. The van der Waals surface area contributed by atoms with Crippen molar-refractivity contribution >= 4 is 56.0 Å². The van der Waals surface area contributed by atoms with Crippen LogP contribution in [-0.2, 0) is 11.3 Å². The van der Waals surface area contributed by atoms with Crippen LogP contribution in [0.3, 0.4) is 0 Å². The van der Waals surface area contributed by atoms with Crippen LogP contribution < -0.4 is 4.90 Å². The van der Waals surface area contributed by atoms with Crippen LogP contribution in [0.5, 0.6) is 0 Å². The number of aryl methyl sites for hydroxylation is 3. The molecule has 8 nitrogen and oxygen atoms in total. The predicted octanol–water partition coefficient (Wildman–Crippen LogP) is 5.73. The van der Waals surface area contributed by atoms with E-state index in [0.29, 0.717) is 28.8 Å². The standard InChI is InChI=1S/C24H22ClN5O3S/c1-15-11-19(25)14-21-23(15)26-24(34-21)28(9-10-29-17(3)12-16(2)27-29)22(31)8-7-18-5-4-6-20(13-18)30(32)33/h4-8,11-14H,9-10H2,1-3H3/b8-7+. The number of hydrogen-bond acceptors (Lipinski definition) is 6. The molecule has 0 bridgehead atoms. The first-order valence-corrected chi connectivity index (χ1v) is 11.7. The van der Waals surface area contributed by atoms with Crippen LogP contribution in [-0.4, -0.2) is 32.1 Å². The van der Waals surface area contributed by atoms with E-state index >= 15 is 0 Å². The number of halogens is 1. The number of nitro groups is 1. The van der Waals surface area contributed by atoms with Gasteiger partial charge in [0.2, 0.25) is 0 Å². The number of amides is 1. The average Bonchev–Trinajstić information content (AvgIpc) is 3.35. The van der Waals surface area contributed by atoms with E-state index in [9.17, 15) is 14.9 Å². The number of aromatic nitrogens is 3. The molecule has 10 heteroatoms. The van der Waals surface area contributed by atoms with Crippen molar-refractivity contribution in [3.63, 3.8) is 0 Å². The summed E-state index contributed by atoms with van der Waals surface area (Å²) in [6.07, 6.45) is 2.98. The number of carbonyl (C=O) groups is 1. The molecular weight excluding hydrogens is 474 g/mol. The quantitative estimate of drug-likeness (QED) is 0.185. The van der Waals surface area contributed by atoms with Gasteiger partial charge >= 0.3 is 0 Å². The van der Waals surface area contributed by atoms with Crippen LogP contribution in [0.4, 0.5) is 10.8 Å². The van der Waals surface area contributed by atoms with Gasteiger partial charge in [-0.1, -0.05) is 35.1 Å². The molecule has 0 fully saturated rings. The minimum absolute atomic E-state index is 0.0329. The monoisotopic (exact) mass is 495 g/mol. The van der Waals surface area contributed by atoms with E-state index in [1.165, 1.54) is 29.5 Å². The maximum absolute atomic E-state index is 13.3. The number of non-ortho nitro benzene ring substituents is 1. The topological polar surface area (TPSA) is 94.2 Å². The second kappa shape index (κ2) is 9.74. The molecule has 174 valence electrons. The number of thiazole rings is 1. The molecule has 0 spiro atoms. The van der Waals surface area contributed by atoms with Crippen LogP contribution >= 0.6 is 22.9 Å². The van der Waals surface area contributed by atoms with Crippen molar-refractivity contribution < 1.29 is 9.72 Å². The van der Waals surface area contributed by atoms with E-state index in [4.69, 9.17) is 16.6 Å². The van der Waals surface area contributed by atoms with Crippen LogP contribution in [0, 0.1) is 30.9 Å². The lowest BCUT2D eigenvalue weighted by atomic mass is 10.2. The Bertz CT molecular complexity index is 1430. The molecule has 34 heavy (non-hydrogen) atoms. The highest BCUT2D eigenvalue weighted by Crippen LogP contribution is 2.33. The molecule has 0 unspecified atom stereocenters. The van der Waals surface area contributed by atoms with Crippen LogP contribution in [0.15, 0.2) is 48.5 Å². The van der Waals surface area contributed by atoms with Gasteiger partial charge in [0.25, 0.3) is 11.6 Å². The fraction of sp³-hybridized carbons (Fsp3) is 0.208. The Hall–Kier alpha value is -3.56. The lowest BCUT2D eigenvalue weighted by Gasteiger charge is -2.18. The number of carbonyl (C=O) groups excluding carboxylic acids is 1. The molecule has 2 aromatic heterocycles. The molecule has 0 atom stereocenters. The zero-order chi connectivity index (χ0) is 24.4. The van der Waals surface area contributed by atoms with Crippen molar-refractivity contribution in [2.24, 2.45) is 0 Å². The number of benzene rings is 2.